The van der Waals surface area contributed by atoms with E-state index in [0.29, 0.717) is 12.3 Å². The van der Waals surface area contributed by atoms with Crippen molar-refractivity contribution in [1.29, 1.82) is 0 Å². The molecule has 0 bridgehead atoms. The Bertz CT molecular complexity index is 371. The molecular weight excluding hydrogens is 244 g/mol. The fourth-order valence-electron chi connectivity index (χ4n) is 1.47. The zero-order valence-electron chi connectivity index (χ0n) is 9.79. The molecule has 0 spiro atoms. The standard InChI is InChI=1S/C12H17F2NOS/c1-17(16)7-3-6-15-9-10-4-2-5-11(8-10)12(13)14/h2,4-5,8,12,15H,3,6-7,9H2,1H3. The van der Waals surface area contributed by atoms with Gasteiger partial charge in [0.2, 0.25) is 0 Å². The van der Waals surface area contributed by atoms with Crippen molar-refractivity contribution in [2.75, 3.05) is 18.6 Å². The highest BCUT2D eigenvalue weighted by Crippen LogP contribution is 2.19. The van der Waals surface area contributed by atoms with E-state index in [1.165, 1.54) is 12.1 Å². The Hall–Kier alpha value is -0.810. The third kappa shape index (κ3) is 5.89. The van der Waals surface area contributed by atoms with Crippen LogP contribution >= 0.6 is 0 Å². The van der Waals surface area contributed by atoms with Gasteiger partial charge in [0, 0.05) is 34.9 Å². The summed E-state index contributed by atoms with van der Waals surface area (Å²) < 4.78 is 35.6. The summed E-state index contributed by atoms with van der Waals surface area (Å²) in [4.78, 5) is 0. The van der Waals surface area contributed by atoms with Gasteiger partial charge in [-0.25, -0.2) is 8.78 Å². The third-order valence-electron chi connectivity index (χ3n) is 2.32. The average Bonchev–Trinajstić information content (AvgIpc) is 2.28. The van der Waals surface area contributed by atoms with E-state index in [1.54, 1.807) is 12.3 Å². The molecule has 96 valence electrons. The van der Waals surface area contributed by atoms with Gasteiger partial charge in [0.1, 0.15) is 0 Å². The van der Waals surface area contributed by atoms with Crippen molar-refractivity contribution in [2.24, 2.45) is 0 Å². The van der Waals surface area contributed by atoms with E-state index < -0.39 is 17.2 Å². The molecule has 0 aliphatic heterocycles. The van der Waals surface area contributed by atoms with E-state index in [2.05, 4.69) is 5.32 Å². The van der Waals surface area contributed by atoms with Gasteiger partial charge in [0.05, 0.1) is 0 Å². The molecule has 0 saturated heterocycles. The molecule has 2 nitrogen and oxygen atoms in total. The maximum absolute atomic E-state index is 12.4. The molecule has 0 heterocycles. The first kappa shape index (κ1) is 14.3. The topological polar surface area (TPSA) is 29.1 Å². The quantitative estimate of drug-likeness (QED) is 0.764. The molecular formula is C12H17F2NOS. The molecule has 0 aliphatic rings. The maximum Gasteiger partial charge on any atom is 0.263 e. The minimum absolute atomic E-state index is 0.0546. The summed E-state index contributed by atoms with van der Waals surface area (Å²) in [5.41, 5.74) is 0.902. The van der Waals surface area contributed by atoms with E-state index in [4.69, 9.17) is 0 Å². The molecule has 0 aliphatic carbocycles. The van der Waals surface area contributed by atoms with Crippen molar-refractivity contribution in [2.45, 2.75) is 19.4 Å². The summed E-state index contributed by atoms with van der Waals surface area (Å²) in [7, 11) is -0.763. The lowest BCUT2D eigenvalue weighted by atomic mass is 10.1. The number of hydrogen-bond donors (Lipinski definition) is 1. The normalized spacial score (nSPS) is 12.9. The second-order valence-corrected chi connectivity index (χ2v) is 5.41. The van der Waals surface area contributed by atoms with Gasteiger partial charge >= 0.3 is 0 Å². The van der Waals surface area contributed by atoms with Crippen LogP contribution in [0.3, 0.4) is 0 Å². The van der Waals surface area contributed by atoms with Gasteiger partial charge in [0.15, 0.2) is 0 Å². The lowest BCUT2D eigenvalue weighted by Crippen LogP contribution is -2.16. The van der Waals surface area contributed by atoms with Crippen LogP contribution in [-0.4, -0.2) is 22.8 Å². The molecule has 1 N–H and O–H groups in total. The molecule has 17 heavy (non-hydrogen) atoms. The van der Waals surface area contributed by atoms with E-state index >= 15 is 0 Å². The van der Waals surface area contributed by atoms with Crippen LogP contribution in [0.2, 0.25) is 0 Å². The largest absolute Gasteiger partial charge is 0.313 e. The highest BCUT2D eigenvalue weighted by Gasteiger charge is 2.06. The van der Waals surface area contributed by atoms with Crippen LogP contribution in [0.25, 0.3) is 0 Å². The third-order valence-corrected chi connectivity index (χ3v) is 3.18. The number of rotatable bonds is 7. The minimum Gasteiger partial charge on any atom is -0.313 e. The van der Waals surface area contributed by atoms with Crippen LogP contribution in [0.4, 0.5) is 8.78 Å². The van der Waals surface area contributed by atoms with Crippen molar-refractivity contribution in [1.82, 2.24) is 5.32 Å². The zero-order valence-corrected chi connectivity index (χ0v) is 10.6. The van der Waals surface area contributed by atoms with Crippen molar-refractivity contribution >= 4 is 10.8 Å². The van der Waals surface area contributed by atoms with Crippen LogP contribution in [-0.2, 0) is 17.3 Å². The summed E-state index contributed by atoms with van der Waals surface area (Å²) >= 11 is 0. The lowest BCUT2D eigenvalue weighted by Gasteiger charge is -2.06. The summed E-state index contributed by atoms with van der Waals surface area (Å²) in [5.74, 6) is 0.671. The monoisotopic (exact) mass is 261 g/mol. The minimum atomic E-state index is -2.42. The van der Waals surface area contributed by atoms with Gasteiger partial charge in [-0.2, -0.15) is 0 Å². The molecule has 0 aromatic heterocycles. The summed E-state index contributed by atoms with van der Waals surface area (Å²) in [6.45, 7) is 1.31. The molecule has 0 amide bonds. The van der Waals surface area contributed by atoms with Crippen molar-refractivity contribution in [3.05, 3.63) is 35.4 Å². The maximum atomic E-state index is 12.4. The molecule has 0 saturated carbocycles. The number of halogens is 2. The predicted molar refractivity (Wildman–Crippen MR) is 66.7 cm³/mol. The Morgan fingerprint density at radius 3 is 2.82 bits per heavy atom. The Kier molecular flexibility index (Phi) is 6.29. The molecule has 1 rings (SSSR count). The van der Waals surface area contributed by atoms with Crippen LogP contribution < -0.4 is 5.32 Å². The Morgan fingerprint density at radius 1 is 1.41 bits per heavy atom. The molecule has 1 aromatic carbocycles. The Balaban J connectivity index is 2.31. The predicted octanol–water partition coefficient (Wildman–Crippen LogP) is 2.48. The average molecular weight is 261 g/mol. The van der Waals surface area contributed by atoms with E-state index in [0.717, 1.165) is 18.5 Å². The van der Waals surface area contributed by atoms with Gasteiger partial charge in [-0.3, -0.25) is 4.21 Å². The van der Waals surface area contributed by atoms with Gasteiger partial charge in [-0.1, -0.05) is 18.2 Å². The first-order valence-electron chi connectivity index (χ1n) is 5.47. The molecule has 1 atom stereocenters. The lowest BCUT2D eigenvalue weighted by molar-refractivity contribution is 0.151. The molecule has 0 fully saturated rings. The van der Waals surface area contributed by atoms with Crippen molar-refractivity contribution in [3.63, 3.8) is 0 Å². The zero-order chi connectivity index (χ0) is 12.7. The Morgan fingerprint density at radius 2 is 2.18 bits per heavy atom. The van der Waals surface area contributed by atoms with Crippen LogP contribution in [0.1, 0.15) is 24.0 Å². The molecule has 1 unspecified atom stereocenters. The van der Waals surface area contributed by atoms with Gasteiger partial charge in [-0.15, -0.1) is 0 Å². The highest BCUT2D eigenvalue weighted by molar-refractivity contribution is 7.84. The highest BCUT2D eigenvalue weighted by atomic mass is 32.2. The first-order valence-corrected chi connectivity index (χ1v) is 7.20. The number of hydrogen-bond acceptors (Lipinski definition) is 2. The first-order chi connectivity index (χ1) is 8.09. The van der Waals surface area contributed by atoms with E-state index in [-0.39, 0.29) is 5.56 Å². The molecule has 5 heteroatoms. The fraction of sp³-hybridized carbons (Fsp3) is 0.500. The van der Waals surface area contributed by atoms with Crippen molar-refractivity contribution in [3.8, 4) is 0 Å². The van der Waals surface area contributed by atoms with E-state index in [9.17, 15) is 13.0 Å². The van der Waals surface area contributed by atoms with Crippen LogP contribution in [0, 0.1) is 0 Å². The number of alkyl halides is 2. The second kappa shape index (κ2) is 7.50. The number of nitrogens with one attached hydrogen (secondary N) is 1. The SMILES string of the molecule is CS(=O)CCCNCc1cccc(C(F)F)c1. The van der Waals surface area contributed by atoms with Crippen molar-refractivity contribution < 1.29 is 13.0 Å². The van der Waals surface area contributed by atoms with Crippen LogP contribution in [0.5, 0.6) is 0 Å². The summed E-state index contributed by atoms with van der Waals surface area (Å²) in [5, 5.41) is 3.14. The molecule has 1 aromatic rings. The second-order valence-electron chi connectivity index (χ2n) is 3.85. The molecule has 0 radical (unpaired) electrons. The fourth-order valence-corrected chi connectivity index (χ4v) is 2.02. The van der Waals surface area contributed by atoms with Gasteiger partial charge < -0.3 is 5.32 Å². The van der Waals surface area contributed by atoms with E-state index in [1.807, 2.05) is 6.07 Å². The summed E-state index contributed by atoms with van der Waals surface area (Å²) in [6, 6.07) is 6.39. The van der Waals surface area contributed by atoms with Gasteiger partial charge in [0.25, 0.3) is 6.43 Å². The smallest absolute Gasteiger partial charge is 0.263 e. The Labute approximate surface area is 103 Å². The van der Waals surface area contributed by atoms with Crippen LogP contribution in [0.15, 0.2) is 24.3 Å². The summed E-state index contributed by atoms with van der Waals surface area (Å²) in [6.07, 6.45) is 0.0847. The van der Waals surface area contributed by atoms with Gasteiger partial charge in [-0.05, 0) is 24.6 Å². The number of benzene rings is 1.